The predicted molar refractivity (Wildman–Crippen MR) is 70.5 cm³/mol. The molecule has 0 saturated carbocycles. The lowest BCUT2D eigenvalue weighted by Crippen LogP contribution is -3.06. The third-order valence-electron chi connectivity index (χ3n) is 2.55. The molecule has 0 radical (unpaired) electrons. The zero-order valence-electron chi connectivity index (χ0n) is 11.3. The molecule has 0 spiro atoms. The maximum absolute atomic E-state index is 13.3. The highest BCUT2D eigenvalue weighted by atomic mass is 19.1. The molecule has 0 fully saturated rings. The van der Waals surface area contributed by atoms with Crippen LogP contribution in [0.5, 0.6) is 0 Å². The average Bonchev–Trinajstić information content (AvgIpc) is 2.33. The van der Waals surface area contributed by atoms with Crippen LogP contribution < -0.4 is 15.5 Å². The highest BCUT2D eigenvalue weighted by molar-refractivity contribution is 6.39. The quantitative estimate of drug-likeness (QED) is 0.634. The van der Waals surface area contributed by atoms with E-state index < -0.39 is 17.6 Å². The van der Waals surface area contributed by atoms with Gasteiger partial charge in [-0.1, -0.05) is 6.07 Å². The maximum Gasteiger partial charge on any atom is 0.313 e. The fourth-order valence-electron chi connectivity index (χ4n) is 1.36. The molecule has 1 aromatic rings. The number of likely N-dealkylation sites (N-methyl/N-ethyl adjacent to an activating group) is 1. The first-order valence-electron chi connectivity index (χ1n) is 6.04. The van der Waals surface area contributed by atoms with Crippen LogP contribution >= 0.6 is 0 Å². The Morgan fingerprint density at radius 3 is 2.53 bits per heavy atom. The van der Waals surface area contributed by atoms with Gasteiger partial charge in [0.05, 0.1) is 27.2 Å². The Bertz CT molecular complexity index is 475. The second-order valence-corrected chi connectivity index (χ2v) is 4.63. The van der Waals surface area contributed by atoms with E-state index in [1.165, 1.54) is 17.0 Å². The minimum Gasteiger partial charge on any atom is -0.342 e. The minimum atomic E-state index is -0.794. The summed E-state index contributed by atoms with van der Waals surface area (Å²) < 4.78 is 13.3. The molecule has 19 heavy (non-hydrogen) atoms. The molecular formula is C13H19FN3O2+. The van der Waals surface area contributed by atoms with Gasteiger partial charge < -0.3 is 15.5 Å². The van der Waals surface area contributed by atoms with Crippen molar-refractivity contribution in [1.29, 1.82) is 0 Å². The van der Waals surface area contributed by atoms with Crippen molar-refractivity contribution in [1.82, 2.24) is 5.32 Å². The lowest BCUT2D eigenvalue weighted by Gasteiger charge is -2.09. The van der Waals surface area contributed by atoms with Gasteiger partial charge in [0.15, 0.2) is 0 Å². The van der Waals surface area contributed by atoms with E-state index in [9.17, 15) is 14.0 Å². The molecule has 0 aliphatic carbocycles. The molecule has 1 rings (SSSR count). The van der Waals surface area contributed by atoms with Gasteiger partial charge in [-0.3, -0.25) is 9.59 Å². The van der Waals surface area contributed by atoms with Gasteiger partial charge >= 0.3 is 11.8 Å². The van der Waals surface area contributed by atoms with Crippen LogP contribution in [-0.2, 0) is 9.59 Å². The molecule has 0 aromatic heterocycles. The van der Waals surface area contributed by atoms with Crippen LogP contribution in [-0.4, -0.2) is 39.0 Å². The fourth-order valence-corrected chi connectivity index (χ4v) is 1.36. The molecule has 6 heteroatoms. The van der Waals surface area contributed by atoms with E-state index >= 15 is 0 Å². The molecule has 1 aromatic carbocycles. The van der Waals surface area contributed by atoms with Crippen LogP contribution in [0.1, 0.15) is 5.56 Å². The van der Waals surface area contributed by atoms with Gasteiger partial charge in [-0.15, -0.1) is 0 Å². The van der Waals surface area contributed by atoms with Gasteiger partial charge in [-0.05, 0) is 24.6 Å². The van der Waals surface area contributed by atoms with Crippen LogP contribution in [0.15, 0.2) is 18.2 Å². The summed E-state index contributed by atoms with van der Waals surface area (Å²) in [5.74, 6) is -1.94. The third kappa shape index (κ3) is 5.05. The van der Waals surface area contributed by atoms with E-state index in [1.54, 1.807) is 13.0 Å². The molecule has 0 bridgehead atoms. The van der Waals surface area contributed by atoms with E-state index in [-0.39, 0.29) is 5.69 Å². The Hall–Kier alpha value is -1.95. The van der Waals surface area contributed by atoms with Crippen LogP contribution in [0, 0.1) is 12.7 Å². The first-order valence-corrected chi connectivity index (χ1v) is 6.04. The van der Waals surface area contributed by atoms with E-state index in [0.29, 0.717) is 12.1 Å². The van der Waals surface area contributed by atoms with Gasteiger partial charge in [0.25, 0.3) is 0 Å². The molecule has 2 amide bonds. The molecule has 0 aliphatic heterocycles. The summed E-state index contributed by atoms with van der Waals surface area (Å²) in [5, 5.41) is 4.84. The van der Waals surface area contributed by atoms with Crippen LogP contribution in [0.3, 0.4) is 0 Å². The Morgan fingerprint density at radius 2 is 1.95 bits per heavy atom. The number of nitrogens with one attached hydrogen (secondary N) is 3. The van der Waals surface area contributed by atoms with E-state index in [0.717, 1.165) is 6.54 Å². The van der Waals surface area contributed by atoms with Gasteiger partial charge in [-0.2, -0.15) is 0 Å². The molecule has 0 aliphatic rings. The summed E-state index contributed by atoms with van der Waals surface area (Å²) in [7, 11) is 3.89. The third-order valence-corrected chi connectivity index (χ3v) is 2.55. The number of quaternary nitrogens is 1. The monoisotopic (exact) mass is 268 g/mol. The van der Waals surface area contributed by atoms with Crippen molar-refractivity contribution >= 4 is 17.5 Å². The fraction of sp³-hybridized carbons (Fsp3) is 0.385. The summed E-state index contributed by atoms with van der Waals surface area (Å²) in [6.45, 7) is 2.76. The Balaban J connectivity index is 2.49. The lowest BCUT2D eigenvalue weighted by atomic mass is 10.2. The van der Waals surface area contributed by atoms with Gasteiger partial charge in [0.2, 0.25) is 0 Å². The molecule has 3 N–H and O–H groups in total. The largest absolute Gasteiger partial charge is 0.342 e. The number of carbonyl (C=O) groups is 2. The molecule has 0 heterocycles. The Morgan fingerprint density at radius 1 is 1.26 bits per heavy atom. The second kappa shape index (κ2) is 6.84. The number of hydrogen-bond acceptors (Lipinski definition) is 2. The maximum atomic E-state index is 13.3. The first-order chi connectivity index (χ1) is 8.90. The average molecular weight is 268 g/mol. The predicted octanol–water partition coefficient (Wildman–Crippen LogP) is -0.667. The normalized spacial score (nSPS) is 10.4. The van der Waals surface area contributed by atoms with Crippen LogP contribution in [0.25, 0.3) is 0 Å². The molecular weight excluding hydrogens is 249 g/mol. The van der Waals surface area contributed by atoms with Crippen molar-refractivity contribution in [2.45, 2.75) is 6.92 Å². The SMILES string of the molecule is Cc1ccc(NC(=O)C(=O)NCC[NH+](C)C)cc1F. The second-order valence-electron chi connectivity index (χ2n) is 4.63. The molecule has 0 atom stereocenters. The van der Waals surface area contributed by atoms with E-state index in [1.807, 2.05) is 14.1 Å². The number of carbonyl (C=O) groups excluding carboxylic acids is 2. The zero-order valence-corrected chi connectivity index (χ0v) is 11.3. The van der Waals surface area contributed by atoms with Crippen molar-refractivity contribution in [3.63, 3.8) is 0 Å². The molecule has 0 saturated heterocycles. The number of anilines is 1. The summed E-state index contributed by atoms with van der Waals surface area (Å²) in [4.78, 5) is 24.2. The van der Waals surface area contributed by atoms with Gasteiger partial charge in [0.1, 0.15) is 5.82 Å². The standard InChI is InChI=1S/C13H18FN3O2/c1-9-4-5-10(8-11(9)14)16-13(19)12(18)15-6-7-17(2)3/h4-5,8H,6-7H2,1-3H3,(H,15,18)(H,16,19)/p+1. The number of amides is 2. The molecule has 104 valence electrons. The van der Waals surface area contributed by atoms with Gasteiger partial charge in [-0.25, -0.2) is 4.39 Å². The number of aryl methyl sites for hydroxylation is 1. The Kier molecular flexibility index (Phi) is 5.44. The summed E-state index contributed by atoms with van der Waals surface area (Å²) >= 11 is 0. The zero-order chi connectivity index (χ0) is 14.4. The van der Waals surface area contributed by atoms with Crippen molar-refractivity contribution in [2.75, 3.05) is 32.5 Å². The highest BCUT2D eigenvalue weighted by Crippen LogP contribution is 2.13. The number of halogens is 1. The van der Waals surface area contributed by atoms with E-state index in [4.69, 9.17) is 0 Å². The van der Waals surface area contributed by atoms with Crippen molar-refractivity contribution in [3.05, 3.63) is 29.6 Å². The molecule has 5 nitrogen and oxygen atoms in total. The smallest absolute Gasteiger partial charge is 0.313 e. The van der Waals surface area contributed by atoms with Crippen LogP contribution in [0.4, 0.5) is 10.1 Å². The highest BCUT2D eigenvalue weighted by Gasteiger charge is 2.13. The van der Waals surface area contributed by atoms with Gasteiger partial charge in [0, 0.05) is 5.69 Å². The van der Waals surface area contributed by atoms with Crippen molar-refractivity contribution in [3.8, 4) is 0 Å². The number of benzene rings is 1. The van der Waals surface area contributed by atoms with Crippen molar-refractivity contribution < 1.29 is 18.9 Å². The lowest BCUT2D eigenvalue weighted by molar-refractivity contribution is -0.856. The van der Waals surface area contributed by atoms with Crippen LogP contribution in [0.2, 0.25) is 0 Å². The van der Waals surface area contributed by atoms with E-state index in [2.05, 4.69) is 10.6 Å². The summed E-state index contributed by atoms with van der Waals surface area (Å²) in [5.41, 5.74) is 0.748. The summed E-state index contributed by atoms with van der Waals surface area (Å²) in [6.07, 6.45) is 0. The number of rotatable bonds is 4. The van der Waals surface area contributed by atoms with Crippen molar-refractivity contribution in [2.24, 2.45) is 0 Å². The Labute approximate surface area is 111 Å². The topological polar surface area (TPSA) is 62.6 Å². The minimum absolute atomic E-state index is 0.265. The number of hydrogen-bond donors (Lipinski definition) is 3. The first kappa shape index (κ1) is 15.1. The summed E-state index contributed by atoms with van der Waals surface area (Å²) in [6, 6.07) is 4.27. The molecule has 0 unspecified atom stereocenters.